The lowest BCUT2D eigenvalue weighted by Gasteiger charge is -2.19. The van der Waals surface area contributed by atoms with Crippen molar-refractivity contribution in [3.05, 3.63) is 0 Å². The van der Waals surface area contributed by atoms with Gasteiger partial charge in [0.05, 0.1) is 6.61 Å². The van der Waals surface area contributed by atoms with Crippen LogP contribution < -0.4 is 10.0 Å². The van der Waals surface area contributed by atoms with E-state index in [2.05, 4.69) is 10.1 Å². The molecule has 0 saturated carbocycles. The fraction of sp³-hybridized carbons (Fsp3) is 0.875. The predicted molar refractivity (Wildman–Crippen MR) is 58.1 cm³/mol. The van der Waals surface area contributed by atoms with Crippen molar-refractivity contribution in [1.82, 2.24) is 14.3 Å². The van der Waals surface area contributed by atoms with Gasteiger partial charge in [-0.3, -0.25) is 0 Å². The Balaban J connectivity index is 2.57. The van der Waals surface area contributed by atoms with E-state index >= 15 is 0 Å². The summed E-state index contributed by atoms with van der Waals surface area (Å²) in [5, 5.41) is 3.08. The molecule has 94 valence electrons. The zero-order chi connectivity index (χ0) is 12.0. The van der Waals surface area contributed by atoms with Crippen LogP contribution in [0.3, 0.4) is 0 Å². The Bertz CT molecular complexity index is 322. The lowest BCUT2D eigenvalue weighted by Crippen LogP contribution is -2.45. The second kappa shape index (κ2) is 6.02. The zero-order valence-electron chi connectivity index (χ0n) is 9.23. The zero-order valence-corrected chi connectivity index (χ0v) is 10.0. The summed E-state index contributed by atoms with van der Waals surface area (Å²) in [7, 11) is -3.76. The average Bonchev–Trinajstić information content (AvgIpc) is 2.45. The van der Waals surface area contributed by atoms with Crippen LogP contribution in [-0.4, -0.2) is 51.6 Å². The Morgan fingerprint density at radius 2 is 2.19 bits per heavy atom. The van der Waals surface area contributed by atoms with Crippen molar-refractivity contribution in [2.24, 2.45) is 0 Å². The van der Waals surface area contributed by atoms with Crippen molar-refractivity contribution in [1.29, 1.82) is 0 Å². The van der Waals surface area contributed by atoms with Crippen LogP contribution in [-0.2, 0) is 14.9 Å². The maximum absolute atomic E-state index is 11.7. The second-order valence-corrected chi connectivity index (χ2v) is 5.00. The van der Waals surface area contributed by atoms with Gasteiger partial charge in [-0.1, -0.05) is 0 Å². The van der Waals surface area contributed by atoms with E-state index in [0.717, 1.165) is 13.0 Å². The number of amides is 1. The number of nitrogens with one attached hydrogen (secondary N) is 2. The molecule has 0 aromatic carbocycles. The highest BCUT2D eigenvalue weighted by molar-refractivity contribution is 7.87. The highest BCUT2D eigenvalue weighted by atomic mass is 32.2. The molecule has 1 saturated heterocycles. The van der Waals surface area contributed by atoms with Gasteiger partial charge in [-0.2, -0.15) is 12.7 Å². The summed E-state index contributed by atoms with van der Waals surface area (Å²) < 4.78 is 31.1. The number of carbonyl (C=O) groups excluding carboxylic acids is 1. The summed E-state index contributed by atoms with van der Waals surface area (Å²) in [4.78, 5) is 11.0. The minimum Gasteiger partial charge on any atom is -0.449 e. The first-order valence-electron chi connectivity index (χ1n) is 5.21. The van der Waals surface area contributed by atoms with Crippen LogP contribution in [0.1, 0.15) is 13.3 Å². The van der Waals surface area contributed by atoms with E-state index in [1.807, 2.05) is 4.72 Å². The molecule has 1 aliphatic rings. The van der Waals surface area contributed by atoms with E-state index in [1.54, 1.807) is 6.92 Å². The first-order chi connectivity index (χ1) is 7.56. The highest BCUT2D eigenvalue weighted by Gasteiger charge is 2.25. The molecule has 2 N–H and O–H groups in total. The number of carbonyl (C=O) groups is 1. The molecule has 0 atom stereocenters. The Hall–Kier alpha value is -0.860. The molecule has 16 heavy (non-hydrogen) atoms. The van der Waals surface area contributed by atoms with Crippen LogP contribution in [0.2, 0.25) is 0 Å². The van der Waals surface area contributed by atoms with Gasteiger partial charge in [0.15, 0.2) is 0 Å². The van der Waals surface area contributed by atoms with Gasteiger partial charge in [0, 0.05) is 19.6 Å². The maximum Gasteiger partial charge on any atom is 0.421 e. The molecule has 0 aromatic heterocycles. The SMILES string of the molecule is CCOC(=O)NS(=O)(=O)N1CCCNCC1. The summed E-state index contributed by atoms with van der Waals surface area (Å²) >= 11 is 0. The quantitative estimate of drug-likeness (QED) is 0.690. The van der Waals surface area contributed by atoms with E-state index in [9.17, 15) is 13.2 Å². The average molecular weight is 251 g/mol. The van der Waals surface area contributed by atoms with Crippen molar-refractivity contribution in [2.45, 2.75) is 13.3 Å². The molecule has 0 bridgehead atoms. The molecule has 0 radical (unpaired) electrons. The Labute approximate surface area is 95.3 Å². The Kier molecular flexibility index (Phi) is 4.97. The van der Waals surface area contributed by atoms with Gasteiger partial charge < -0.3 is 10.1 Å². The lowest BCUT2D eigenvalue weighted by atomic mass is 10.4. The molecule has 1 amide bonds. The van der Waals surface area contributed by atoms with Crippen molar-refractivity contribution in [3.63, 3.8) is 0 Å². The van der Waals surface area contributed by atoms with Crippen molar-refractivity contribution >= 4 is 16.3 Å². The molecule has 0 aromatic rings. The van der Waals surface area contributed by atoms with Crippen LogP contribution in [0.4, 0.5) is 4.79 Å². The Morgan fingerprint density at radius 1 is 1.44 bits per heavy atom. The summed E-state index contributed by atoms with van der Waals surface area (Å²) in [5.41, 5.74) is 0. The molecule has 0 spiro atoms. The molecular formula is C8H17N3O4S. The number of nitrogens with zero attached hydrogens (tertiary/aromatic N) is 1. The number of ether oxygens (including phenoxy) is 1. The van der Waals surface area contributed by atoms with Gasteiger partial charge in [0.1, 0.15) is 0 Å². The Morgan fingerprint density at radius 3 is 2.88 bits per heavy atom. The lowest BCUT2D eigenvalue weighted by molar-refractivity contribution is 0.158. The van der Waals surface area contributed by atoms with Gasteiger partial charge >= 0.3 is 16.3 Å². The van der Waals surface area contributed by atoms with Crippen LogP contribution in [0, 0.1) is 0 Å². The monoisotopic (exact) mass is 251 g/mol. The summed E-state index contributed by atoms with van der Waals surface area (Å²) in [6.45, 7) is 3.89. The molecule has 0 unspecified atom stereocenters. The standard InChI is InChI=1S/C8H17N3O4S/c1-2-15-8(12)10-16(13,14)11-6-3-4-9-5-7-11/h9H,2-7H2,1H3,(H,10,12). The smallest absolute Gasteiger partial charge is 0.421 e. The predicted octanol–water partition coefficient (Wildman–Crippen LogP) is -0.727. The third-order valence-corrected chi connectivity index (χ3v) is 3.60. The summed E-state index contributed by atoms with van der Waals surface area (Å²) in [6.07, 6.45) is -0.205. The summed E-state index contributed by atoms with van der Waals surface area (Å²) in [5.74, 6) is 0. The number of hydrogen-bond acceptors (Lipinski definition) is 5. The maximum atomic E-state index is 11.7. The van der Waals surface area contributed by atoms with Gasteiger partial charge in [0.25, 0.3) is 0 Å². The minimum atomic E-state index is -3.76. The number of rotatable bonds is 3. The van der Waals surface area contributed by atoms with Gasteiger partial charge in [-0.15, -0.1) is 0 Å². The molecule has 7 nitrogen and oxygen atoms in total. The van der Waals surface area contributed by atoms with Crippen LogP contribution in [0.25, 0.3) is 0 Å². The normalized spacial score (nSPS) is 18.8. The molecule has 0 aliphatic carbocycles. The van der Waals surface area contributed by atoms with E-state index < -0.39 is 16.3 Å². The molecule has 8 heteroatoms. The van der Waals surface area contributed by atoms with E-state index in [-0.39, 0.29) is 6.61 Å². The van der Waals surface area contributed by atoms with Crippen molar-refractivity contribution in [3.8, 4) is 0 Å². The van der Waals surface area contributed by atoms with Crippen LogP contribution in [0.5, 0.6) is 0 Å². The third kappa shape index (κ3) is 3.95. The first kappa shape index (κ1) is 13.2. The molecule has 1 rings (SSSR count). The minimum absolute atomic E-state index is 0.142. The molecular weight excluding hydrogens is 234 g/mol. The second-order valence-electron chi connectivity index (χ2n) is 3.33. The fourth-order valence-electron chi connectivity index (χ4n) is 1.39. The van der Waals surface area contributed by atoms with E-state index in [0.29, 0.717) is 19.6 Å². The van der Waals surface area contributed by atoms with Crippen molar-refractivity contribution in [2.75, 3.05) is 32.8 Å². The largest absolute Gasteiger partial charge is 0.449 e. The van der Waals surface area contributed by atoms with Gasteiger partial charge in [-0.25, -0.2) is 9.52 Å². The van der Waals surface area contributed by atoms with Gasteiger partial charge in [-0.05, 0) is 19.9 Å². The third-order valence-electron chi connectivity index (χ3n) is 2.13. The summed E-state index contributed by atoms with van der Waals surface area (Å²) in [6, 6.07) is 0. The molecule has 1 fully saturated rings. The van der Waals surface area contributed by atoms with Crippen molar-refractivity contribution < 1.29 is 17.9 Å². The number of hydrogen-bond donors (Lipinski definition) is 2. The fourth-order valence-corrected chi connectivity index (χ4v) is 2.49. The van der Waals surface area contributed by atoms with E-state index in [1.165, 1.54) is 4.31 Å². The molecule has 1 aliphatic heterocycles. The van der Waals surface area contributed by atoms with Gasteiger partial charge in [0.2, 0.25) is 0 Å². The van der Waals surface area contributed by atoms with E-state index in [4.69, 9.17) is 0 Å². The van der Waals surface area contributed by atoms with Crippen LogP contribution in [0.15, 0.2) is 0 Å². The molecule has 1 heterocycles. The van der Waals surface area contributed by atoms with Crippen LogP contribution >= 0.6 is 0 Å². The topological polar surface area (TPSA) is 87.7 Å². The highest BCUT2D eigenvalue weighted by Crippen LogP contribution is 2.02. The first-order valence-corrected chi connectivity index (χ1v) is 6.65.